The van der Waals surface area contributed by atoms with E-state index < -0.39 is 69.3 Å². The van der Waals surface area contributed by atoms with E-state index in [2.05, 4.69) is 11.7 Å². The van der Waals surface area contributed by atoms with Gasteiger partial charge in [0.15, 0.2) is 17.4 Å². The van der Waals surface area contributed by atoms with Gasteiger partial charge in [0, 0.05) is 6.08 Å². The molecule has 0 heterocycles. The van der Waals surface area contributed by atoms with Crippen molar-refractivity contribution in [2.75, 3.05) is 0 Å². The molecule has 9 heteroatoms. The van der Waals surface area contributed by atoms with E-state index in [9.17, 15) is 17.6 Å². The normalized spacial score (nSPS) is 17.8. The van der Waals surface area contributed by atoms with Crippen molar-refractivity contribution in [2.24, 2.45) is 5.92 Å². The molecule has 0 aliphatic heterocycles. The van der Waals surface area contributed by atoms with E-state index in [4.69, 9.17) is 0 Å². The zero-order chi connectivity index (χ0) is 28.3. The Balaban J connectivity index is 1.62. The summed E-state index contributed by atoms with van der Waals surface area (Å²) in [5, 5.41) is 0. The van der Waals surface area contributed by atoms with Crippen molar-refractivity contribution in [1.82, 2.24) is 0 Å². The maximum atomic E-state index is 15.1. The van der Waals surface area contributed by atoms with Crippen LogP contribution in [-0.4, -0.2) is 6.43 Å². The van der Waals surface area contributed by atoms with Crippen LogP contribution in [0.5, 0.6) is 5.75 Å². The topological polar surface area (TPSA) is 9.23 Å². The Labute approximate surface area is 221 Å². The van der Waals surface area contributed by atoms with Gasteiger partial charge in [-0.3, -0.25) is 0 Å². The second-order valence-corrected chi connectivity index (χ2v) is 9.73. The van der Waals surface area contributed by atoms with Gasteiger partial charge in [0.25, 0.3) is 6.43 Å². The number of rotatable bonds is 8. The molecule has 0 unspecified atom stereocenters. The van der Waals surface area contributed by atoms with Crippen molar-refractivity contribution in [1.29, 1.82) is 0 Å². The third kappa shape index (κ3) is 6.45. The average molecular weight is 555 g/mol. The minimum atomic E-state index is -2.92. The molecule has 0 radical (unpaired) electrons. The van der Waals surface area contributed by atoms with Crippen molar-refractivity contribution in [3.8, 4) is 28.0 Å². The third-order valence-electron chi connectivity index (χ3n) is 7.11. The van der Waals surface area contributed by atoms with Crippen LogP contribution >= 0.6 is 0 Å². The lowest BCUT2D eigenvalue weighted by Gasteiger charge is -2.29. The van der Waals surface area contributed by atoms with Gasteiger partial charge in [-0.25, -0.2) is 35.1 Å². The highest BCUT2D eigenvalue weighted by atomic mass is 19.3. The molecule has 1 nitrogen and oxygen atoms in total. The summed E-state index contributed by atoms with van der Waals surface area (Å²) in [7, 11) is 0. The van der Waals surface area contributed by atoms with E-state index in [-0.39, 0.29) is 12.0 Å². The highest BCUT2D eigenvalue weighted by Gasteiger charge is 2.26. The van der Waals surface area contributed by atoms with Gasteiger partial charge in [-0.15, -0.1) is 0 Å². The summed E-state index contributed by atoms with van der Waals surface area (Å²) in [6.07, 6.45) is 3.47. The fourth-order valence-corrected chi connectivity index (χ4v) is 5.27. The van der Waals surface area contributed by atoms with Gasteiger partial charge in [0.05, 0.1) is 17.4 Å². The van der Waals surface area contributed by atoms with E-state index in [1.54, 1.807) is 0 Å². The van der Waals surface area contributed by atoms with Gasteiger partial charge in [0.1, 0.15) is 23.3 Å². The molecule has 3 aromatic carbocycles. The summed E-state index contributed by atoms with van der Waals surface area (Å²) < 4.78 is 118. The Morgan fingerprint density at radius 2 is 1.18 bits per heavy atom. The van der Waals surface area contributed by atoms with Crippen LogP contribution in [0.4, 0.5) is 35.1 Å². The Bertz CT molecular complexity index is 1290. The molecule has 0 amide bonds. The summed E-state index contributed by atoms with van der Waals surface area (Å²) in [6, 6.07) is 4.86. The van der Waals surface area contributed by atoms with Crippen molar-refractivity contribution in [3.05, 3.63) is 89.2 Å². The monoisotopic (exact) mass is 554 g/mol. The number of ether oxygens (including phenoxy) is 1. The van der Waals surface area contributed by atoms with E-state index in [1.807, 2.05) is 0 Å². The van der Waals surface area contributed by atoms with Gasteiger partial charge >= 0.3 is 0 Å². The first kappa shape index (κ1) is 28.6. The molecule has 208 valence electrons. The van der Waals surface area contributed by atoms with Gasteiger partial charge in [0.2, 0.25) is 0 Å². The van der Waals surface area contributed by atoms with Crippen LogP contribution in [0.25, 0.3) is 22.3 Å². The first-order valence-electron chi connectivity index (χ1n) is 12.7. The maximum Gasteiger partial charge on any atom is 0.260 e. The molecular formula is C30H26F8O. The Kier molecular flexibility index (Phi) is 8.97. The smallest absolute Gasteiger partial charge is 0.260 e. The molecule has 3 aromatic rings. The molecule has 0 N–H and O–H groups in total. The SMILES string of the molecule is CCCC1CCC(c2cc(F)c(-c3cc(F)c(-c4cc(F)c(OC=CC(F)F)c(F)c4)c(F)c3)c(F)c2)CC1. The van der Waals surface area contributed by atoms with Crippen LogP contribution in [0.3, 0.4) is 0 Å². The van der Waals surface area contributed by atoms with Crippen molar-refractivity contribution in [3.63, 3.8) is 0 Å². The first-order chi connectivity index (χ1) is 18.6. The van der Waals surface area contributed by atoms with Gasteiger partial charge in [-0.2, -0.15) is 0 Å². The molecule has 1 fully saturated rings. The quantitative estimate of drug-likeness (QED) is 0.199. The summed E-state index contributed by atoms with van der Waals surface area (Å²) >= 11 is 0. The molecule has 1 saturated carbocycles. The van der Waals surface area contributed by atoms with E-state index in [0.29, 0.717) is 42.0 Å². The summed E-state index contributed by atoms with van der Waals surface area (Å²) in [4.78, 5) is 0. The fourth-order valence-electron chi connectivity index (χ4n) is 5.27. The van der Waals surface area contributed by atoms with Crippen molar-refractivity contribution >= 4 is 0 Å². The predicted octanol–water partition coefficient (Wildman–Crippen LogP) is 10.1. The first-order valence-corrected chi connectivity index (χ1v) is 12.7. The second-order valence-electron chi connectivity index (χ2n) is 9.73. The van der Waals surface area contributed by atoms with Crippen LogP contribution in [0.15, 0.2) is 48.7 Å². The summed E-state index contributed by atoms with van der Waals surface area (Å²) in [6.45, 7) is 2.12. The molecule has 0 saturated heterocycles. The second kappa shape index (κ2) is 12.2. The molecule has 0 atom stereocenters. The van der Waals surface area contributed by atoms with Crippen molar-refractivity contribution < 1.29 is 39.9 Å². The standard InChI is InChI=1S/C30H26F8O/c1-2-3-16-4-6-17(7-5-16)18-10-21(31)28(22(32)11-18)19-12-23(33)29(24(34)13-19)20-14-25(35)30(26(36)15-20)39-9-8-27(37)38/h8-17,27H,2-7H2,1H3. The predicted molar refractivity (Wildman–Crippen MR) is 132 cm³/mol. The molecule has 0 bridgehead atoms. The molecule has 4 rings (SSSR count). The number of allylic oxidation sites excluding steroid dienone is 1. The summed E-state index contributed by atoms with van der Waals surface area (Å²) in [5.74, 6) is -7.81. The van der Waals surface area contributed by atoms with Crippen LogP contribution in [0.2, 0.25) is 0 Å². The molecular weight excluding hydrogens is 528 g/mol. The van der Waals surface area contributed by atoms with Crippen LogP contribution in [-0.2, 0) is 0 Å². The minimum absolute atomic E-state index is 0.00499. The zero-order valence-electron chi connectivity index (χ0n) is 21.0. The Morgan fingerprint density at radius 1 is 0.718 bits per heavy atom. The van der Waals surface area contributed by atoms with Gasteiger partial charge < -0.3 is 4.74 Å². The van der Waals surface area contributed by atoms with Crippen LogP contribution < -0.4 is 4.74 Å². The molecule has 0 spiro atoms. The largest absolute Gasteiger partial charge is 0.459 e. The number of halogens is 8. The lowest BCUT2D eigenvalue weighted by atomic mass is 9.77. The van der Waals surface area contributed by atoms with Gasteiger partial charge in [-0.1, -0.05) is 19.8 Å². The highest BCUT2D eigenvalue weighted by Crippen LogP contribution is 2.40. The molecule has 1 aliphatic carbocycles. The molecule has 0 aromatic heterocycles. The lowest BCUT2D eigenvalue weighted by Crippen LogP contribution is -2.13. The average Bonchev–Trinajstić information content (AvgIpc) is 2.85. The number of benzene rings is 3. The lowest BCUT2D eigenvalue weighted by molar-refractivity contribution is 0.200. The Morgan fingerprint density at radius 3 is 1.64 bits per heavy atom. The highest BCUT2D eigenvalue weighted by molar-refractivity contribution is 5.73. The fraction of sp³-hybridized carbons (Fsp3) is 0.333. The number of hydrogen-bond donors (Lipinski definition) is 0. The third-order valence-corrected chi connectivity index (χ3v) is 7.11. The number of hydrogen-bond acceptors (Lipinski definition) is 1. The summed E-state index contributed by atoms with van der Waals surface area (Å²) in [5.41, 5.74) is -1.94. The van der Waals surface area contributed by atoms with Crippen molar-refractivity contribution in [2.45, 2.75) is 57.8 Å². The molecule has 39 heavy (non-hydrogen) atoms. The minimum Gasteiger partial charge on any atom is -0.459 e. The van der Waals surface area contributed by atoms with Crippen LogP contribution in [0, 0.1) is 40.8 Å². The number of alkyl halides is 2. The van der Waals surface area contributed by atoms with E-state index in [1.165, 1.54) is 12.1 Å². The van der Waals surface area contributed by atoms with E-state index in [0.717, 1.165) is 38.5 Å². The zero-order valence-corrected chi connectivity index (χ0v) is 21.0. The van der Waals surface area contributed by atoms with E-state index >= 15 is 17.6 Å². The maximum absolute atomic E-state index is 15.1. The van der Waals surface area contributed by atoms with Crippen LogP contribution in [0.1, 0.15) is 56.9 Å². The molecule has 1 aliphatic rings. The Hall–Kier alpha value is -3.36. The van der Waals surface area contributed by atoms with Gasteiger partial charge in [-0.05, 0) is 90.6 Å².